The van der Waals surface area contributed by atoms with E-state index in [-0.39, 0.29) is 46.6 Å². The van der Waals surface area contributed by atoms with Crippen molar-refractivity contribution in [1.82, 2.24) is 4.90 Å². The molecule has 0 bridgehead atoms. The van der Waals surface area contributed by atoms with E-state index in [1.165, 1.54) is 67.6 Å². The maximum absolute atomic E-state index is 14.4. The van der Waals surface area contributed by atoms with Crippen LogP contribution in [0, 0.1) is 0 Å². The molecule has 0 unspecified atom stereocenters. The molecule has 0 N–H and O–H groups in total. The highest BCUT2D eigenvalue weighted by Gasteiger charge is 2.59. The van der Waals surface area contributed by atoms with Crippen LogP contribution in [0.15, 0.2) is 170 Å². The number of benzene rings is 6. The number of carbonyl (C=O) groups excluding carboxylic acids is 9. The third-order valence-corrected chi connectivity index (χ3v) is 13.4. The molecule has 21 heteroatoms. The van der Waals surface area contributed by atoms with Crippen LogP contribution in [0.5, 0.6) is 0 Å². The van der Waals surface area contributed by atoms with Gasteiger partial charge in [-0.15, -0.1) is 0 Å². The fraction of sp³-hybridized carbons (Fsp3) is 0.274. The standard InChI is InChI=1S/C62H55NO20/c1-36(64)73-32-39-28-30-40(31-29-39)33-75-61-49(63-55(67)45-26-16-17-27-46(45)56(63)68)52(78-38(3)66)50(77-37(2)65)48(79-61)35-76-62-54(83-60(72)44-24-14-7-15-25-44)53(82-59(71)43-22-12-6-13-23-43)51(81-58(70)42-20-10-5-11-21-42)47(80-62)34-74-57(69)41-18-8-4-9-19-41/h4-31,47-54,61-62H,32-35H2,1-3H3/t47-,48-,49-,50-,51+,52-,53+,54-,61-,62-/m1/s1. The number of carbonyl (C=O) groups is 9. The maximum Gasteiger partial charge on any atom is 0.338 e. The number of rotatable bonds is 20. The highest BCUT2D eigenvalue weighted by Crippen LogP contribution is 2.38. The Kier molecular flexibility index (Phi) is 18.9. The van der Waals surface area contributed by atoms with Gasteiger partial charge in [0, 0.05) is 20.8 Å². The van der Waals surface area contributed by atoms with Crippen molar-refractivity contribution in [2.75, 3.05) is 13.2 Å². The molecule has 21 nitrogen and oxygen atoms in total. The van der Waals surface area contributed by atoms with Crippen LogP contribution in [0.2, 0.25) is 0 Å². The molecule has 2 amide bonds. The first-order chi connectivity index (χ1) is 40.1. The van der Waals surface area contributed by atoms with Gasteiger partial charge < -0.3 is 52.1 Å². The van der Waals surface area contributed by atoms with Crippen molar-refractivity contribution in [3.05, 3.63) is 214 Å². The fourth-order valence-electron chi connectivity index (χ4n) is 9.52. The van der Waals surface area contributed by atoms with Gasteiger partial charge in [0.25, 0.3) is 11.8 Å². The zero-order valence-electron chi connectivity index (χ0n) is 44.9. The number of nitrogens with zero attached hydrogens (tertiary/aromatic N) is 1. The molecule has 83 heavy (non-hydrogen) atoms. The lowest BCUT2D eigenvalue weighted by molar-refractivity contribution is -0.323. The molecule has 3 aliphatic rings. The number of hydrogen-bond acceptors (Lipinski definition) is 20. The van der Waals surface area contributed by atoms with Gasteiger partial charge in [-0.1, -0.05) is 109 Å². The molecular weight excluding hydrogens is 1080 g/mol. The van der Waals surface area contributed by atoms with Gasteiger partial charge in [0.15, 0.2) is 43.1 Å². The lowest BCUT2D eigenvalue weighted by atomic mass is 9.94. The van der Waals surface area contributed by atoms with E-state index < -0.39 is 128 Å². The van der Waals surface area contributed by atoms with Crippen LogP contribution in [-0.4, -0.2) is 133 Å². The topological polar surface area (TPSA) is 258 Å². The molecule has 428 valence electrons. The number of esters is 7. The summed E-state index contributed by atoms with van der Waals surface area (Å²) >= 11 is 0. The van der Waals surface area contributed by atoms with Crippen molar-refractivity contribution >= 4 is 53.6 Å². The molecule has 0 spiro atoms. The first kappa shape index (κ1) is 58.3. The Balaban J connectivity index is 1.12. The average Bonchev–Trinajstić information content (AvgIpc) is 3.64. The van der Waals surface area contributed by atoms with Crippen LogP contribution in [0.3, 0.4) is 0 Å². The Morgan fingerprint density at radius 2 is 0.783 bits per heavy atom. The SMILES string of the molecule is CC(=O)OCc1ccc(CO[C@@H]2O[C@H](CO[C@@H]3O[C@H](COC(=O)c4ccccc4)[C@H](OC(=O)c4ccccc4)[C@H](OC(=O)c4ccccc4)[C@H]3OC(=O)c3ccccc3)[C@@H](OC(C)=O)[C@H](OC(C)=O)[C@H]2N2C(=O)c3ccccc3C2=O)cc1. The number of imide groups is 1. The van der Waals surface area contributed by atoms with Crippen molar-refractivity contribution in [3.8, 4) is 0 Å². The van der Waals surface area contributed by atoms with Gasteiger partial charge in [-0.25, -0.2) is 19.2 Å². The van der Waals surface area contributed by atoms with Gasteiger partial charge in [-0.2, -0.15) is 0 Å². The second kappa shape index (κ2) is 26.9. The Labute approximate surface area is 475 Å². The van der Waals surface area contributed by atoms with Gasteiger partial charge >= 0.3 is 41.8 Å². The highest BCUT2D eigenvalue weighted by molar-refractivity contribution is 6.21. The van der Waals surface area contributed by atoms with Crippen molar-refractivity contribution in [2.45, 2.75) is 95.3 Å². The zero-order chi connectivity index (χ0) is 58.6. The maximum atomic E-state index is 14.4. The lowest BCUT2D eigenvalue weighted by Gasteiger charge is -2.48. The molecule has 0 aliphatic carbocycles. The van der Waals surface area contributed by atoms with Crippen LogP contribution in [0.1, 0.15) is 94.0 Å². The summed E-state index contributed by atoms with van der Waals surface area (Å²) < 4.78 is 67.5. The van der Waals surface area contributed by atoms with Crippen LogP contribution < -0.4 is 0 Å². The number of fused-ring (bicyclic) bond motifs is 1. The minimum Gasteiger partial charge on any atom is -0.461 e. The van der Waals surface area contributed by atoms with Gasteiger partial charge in [0.05, 0.1) is 46.6 Å². The van der Waals surface area contributed by atoms with Crippen LogP contribution in [-0.2, 0) is 79.7 Å². The van der Waals surface area contributed by atoms with E-state index in [1.807, 2.05) is 0 Å². The second-order valence-electron chi connectivity index (χ2n) is 19.2. The van der Waals surface area contributed by atoms with E-state index >= 15 is 0 Å². The third-order valence-electron chi connectivity index (χ3n) is 13.4. The summed E-state index contributed by atoms with van der Waals surface area (Å²) in [6.45, 7) is 1.62. The van der Waals surface area contributed by atoms with Gasteiger partial charge in [-0.3, -0.25) is 28.9 Å². The highest BCUT2D eigenvalue weighted by atomic mass is 16.8. The Morgan fingerprint density at radius 1 is 0.386 bits per heavy atom. The smallest absolute Gasteiger partial charge is 0.338 e. The van der Waals surface area contributed by atoms with Gasteiger partial charge in [-0.05, 0) is 71.8 Å². The van der Waals surface area contributed by atoms with Crippen LogP contribution >= 0.6 is 0 Å². The Hall–Kier alpha value is -9.41. The molecule has 10 atom stereocenters. The molecule has 6 aromatic rings. The summed E-state index contributed by atoms with van der Waals surface area (Å²) in [5.74, 6) is -7.73. The van der Waals surface area contributed by atoms with E-state index in [0.717, 1.165) is 18.7 Å². The van der Waals surface area contributed by atoms with Crippen molar-refractivity contribution < 1.29 is 95.3 Å². The fourth-order valence-corrected chi connectivity index (χ4v) is 9.52. The summed E-state index contributed by atoms with van der Waals surface area (Å²) in [6.07, 6.45) is -15.8. The summed E-state index contributed by atoms with van der Waals surface area (Å²) in [7, 11) is 0. The largest absolute Gasteiger partial charge is 0.461 e. The normalized spacial score (nSPS) is 22.7. The van der Waals surface area contributed by atoms with E-state index in [4.69, 9.17) is 52.1 Å². The van der Waals surface area contributed by atoms with Crippen molar-refractivity contribution in [3.63, 3.8) is 0 Å². The summed E-state index contributed by atoms with van der Waals surface area (Å²) in [6, 6.07) is 42.1. The molecule has 9 rings (SSSR count). The molecule has 0 saturated carbocycles. The second-order valence-corrected chi connectivity index (χ2v) is 19.2. The molecule has 3 aliphatic heterocycles. The average molecular weight is 1130 g/mol. The van der Waals surface area contributed by atoms with E-state index in [2.05, 4.69) is 0 Å². The first-order valence-electron chi connectivity index (χ1n) is 26.2. The number of amides is 2. The third kappa shape index (κ3) is 14.2. The van der Waals surface area contributed by atoms with Crippen molar-refractivity contribution in [1.29, 1.82) is 0 Å². The van der Waals surface area contributed by atoms with Crippen LogP contribution in [0.25, 0.3) is 0 Å². The summed E-state index contributed by atoms with van der Waals surface area (Å²) in [5, 5.41) is 0. The first-order valence-corrected chi connectivity index (χ1v) is 26.2. The van der Waals surface area contributed by atoms with Crippen molar-refractivity contribution in [2.24, 2.45) is 0 Å². The van der Waals surface area contributed by atoms with Crippen LogP contribution in [0.4, 0.5) is 0 Å². The number of hydrogen-bond donors (Lipinski definition) is 0. The molecule has 2 fully saturated rings. The van der Waals surface area contributed by atoms with Gasteiger partial charge in [0.2, 0.25) is 0 Å². The molecule has 3 heterocycles. The zero-order valence-corrected chi connectivity index (χ0v) is 44.9. The predicted molar refractivity (Wildman–Crippen MR) is 285 cm³/mol. The lowest BCUT2D eigenvalue weighted by Crippen LogP contribution is -2.68. The Bertz CT molecular complexity index is 3270. The monoisotopic (exact) mass is 1130 g/mol. The molecule has 6 aromatic carbocycles. The summed E-state index contributed by atoms with van der Waals surface area (Å²) in [5.41, 5.74) is 1.43. The molecule has 0 radical (unpaired) electrons. The van der Waals surface area contributed by atoms with E-state index in [0.29, 0.717) is 11.1 Å². The minimum atomic E-state index is -1.91. The Morgan fingerprint density at radius 3 is 1.27 bits per heavy atom. The quantitative estimate of drug-likeness (QED) is 0.0433. The predicted octanol–water partition coefficient (Wildman–Crippen LogP) is 6.79. The minimum absolute atomic E-state index is 0.0143. The molecular formula is C62H55NO20. The summed E-state index contributed by atoms with van der Waals surface area (Å²) in [4.78, 5) is 124. The van der Waals surface area contributed by atoms with E-state index in [9.17, 15) is 43.2 Å². The van der Waals surface area contributed by atoms with Gasteiger partial charge in [0.1, 0.15) is 31.5 Å². The molecule has 0 aromatic heterocycles. The van der Waals surface area contributed by atoms with E-state index in [1.54, 1.807) is 109 Å². The molecule has 2 saturated heterocycles. The number of ether oxygens (including phenoxy) is 11.